The van der Waals surface area contributed by atoms with Crippen molar-refractivity contribution in [2.75, 3.05) is 7.11 Å². The Labute approximate surface area is 193 Å². The first kappa shape index (κ1) is 21.3. The van der Waals surface area contributed by atoms with Gasteiger partial charge in [-0.3, -0.25) is 9.59 Å². The predicted molar refractivity (Wildman–Crippen MR) is 125 cm³/mol. The molecule has 2 N–H and O–H groups in total. The molecule has 0 aliphatic heterocycles. The molecule has 5 rings (SSSR count). The standard InChI is InChI=1S/C25H20FN5O3/c1-14(15-3-8-18(26)9-4-15)27-24(32)17-7-12-20-21(13-17)31-23(28-25(20)33)22(29-30-31)16-5-10-19(34-2)11-6-16/h3-14,30H,1-2H3,(H,27,32). The Kier molecular flexibility index (Phi) is 5.29. The molecule has 1 unspecified atom stereocenters. The molecule has 1 amide bonds. The molecule has 0 saturated carbocycles. The number of aromatic amines is 1. The number of nitrogens with one attached hydrogen (secondary N) is 2. The molecule has 170 valence electrons. The number of methoxy groups -OCH3 is 1. The van der Waals surface area contributed by atoms with Crippen molar-refractivity contribution in [2.24, 2.45) is 0 Å². The van der Waals surface area contributed by atoms with Gasteiger partial charge in [0.05, 0.1) is 24.1 Å². The van der Waals surface area contributed by atoms with Gasteiger partial charge in [-0.05, 0) is 67.1 Å². The fraction of sp³-hybridized carbons (Fsp3) is 0.120. The molecule has 5 aromatic rings. The van der Waals surface area contributed by atoms with Crippen molar-refractivity contribution < 1.29 is 13.9 Å². The molecule has 0 aliphatic rings. The molecule has 9 heteroatoms. The Bertz CT molecular complexity index is 1570. The number of fused-ring (bicyclic) bond motifs is 3. The fourth-order valence-electron chi connectivity index (χ4n) is 3.83. The molecule has 0 fully saturated rings. The summed E-state index contributed by atoms with van der Waals surface area (Å²) in [5.41, 5.74) is 2.80. The van der Waals surface area contributed by atoms with Crippen molar-refractivity contribution in [1.82, 2.24) is 25.1 Å². The number of halogens is 1. The lowest BCUT2D eigenvalue weighted by molar-refractivity contribution is 0.0940. The van der Waals surface area contributed by atoms with Crippen LogP contribution in [-0.2, 0) is 0 Å². The molecule has 0 radical (unpaired) electrons. The Morgan fingerprint density at radius 3 is 2.53 bits per heavy atom. The van der Waals surface area contributed by atoms with Crippen molar-refractivity contribution in [1.29, 1.82) is 0 Å². The van der Waals surface area contributed by atoms with E-state index < -0.39 is 5.56 Å². The van der Waals surface area contributed by atoms with Crippen LogP contribution in [0.25, 0.3) is 27.8 Å². The highest BCUT2D eigenvalue weighted by Crippen LogP contribution is 2.25. The smallest absolute Gasteiger partial charge is 0.281 e. The number of ether oxygens (including phenoxy) is 1. The summed E-state index contributed by atoms with van der Waals surface area (Å²) < 4.78 is 20.0. The molecule has 3 aromatic carbocycles. The van der Waals surface area contributed by atoms with Gasteiger partial charge in [0.1, 0.15) is 17.3 Å². The van der Waals surface area contributed by atoms with E-state index in [9.17, 15) is 14.0 Å². The average Bonchev–Trinajstić information content (AvgIpc) is 3.28. The average molecular weight is 457 g/mol. The summed E-state index contributed by atoms with van der Waals surface area (Å²) in [6, 6.07) is 17.6. The largest absolute Gasteiger partial charge is 0.497 e. The van der Waals surface area contributed by atoms with Gasteiger partial charge in [0.25, 0.3) is 11.5 Å². The maximum atomic E-state index is 13.2. The van der Waals surface area contributed by atoms with Crippen LogP contribution in [0.1, 0.15) is 28.9 Å². The number of hydrogen-bond donors (Lipinski definition) is 2. The number of nitrogens with zero attached hydrogens (tertiary/aromatic N) is 3. The fourth-order valence-corrected chi connectivity index (χ4v) is 3.83. The van der Waals surface area contributed by atoms with E-state index in [4.69, 9.17) is 4.74 Å². The maximum Gasteiger partial charge on any atom is 0.281 e. The van der Waals surface area contributed by atoms with Gasteiger partial charge in [0.15, 0.2) is 5.65 Å². The van der Waals surface area contributed by atoms with E-state index in [2.05, 4.69) is 20.6 Å². The van der Waals surface area contributed by atoms with E-state index >= 15 is 0 Å². The minimum Gasteiger partial charge on any atom is -0.497 e. The summed E-state index contributed by atoms with van der Waals surface area (Å²) in [6.07, 6.45) is 0. The lowest BCUT2D eigenvalue weighted by atomic mass is 10.1. The first-order valence-electron chi connectivity index (χ1n) is 10.6. The second-order valence-electron chi connectivity index (χ2n) is 7.84. The summed E-state index contributed by atoms with van der Waals surface area (Å²) in [5, 5.41) is 10.5. The third-order valence-corrected chi connectivity index (χ3v) is 5.71. The normalized spacial score (nSPS) is 12.1. The van der Waals surface area contributed by atoms with Crippen molar-refractivity contribution in [3.05, 3.63) is 94.0 Å². The summed E-state index contributed by atoms with van der Waals surface area (Å²) in [5.74, 6) is 0.0322. The first-order chi connectivity index (χ1) is 16.4. The summed E-state index contributed by atoms with van der Waals surface area (Å²) in [6.45, 7) is 1.81. The van der Waals surface area contributed by atoms with E-state index in [1.165, 1.54) is 12.1 Å². The van der Waals surface area contributed by atoms with Crippen LogP contribution in [0.15, 0.2) is 71.5 Å². The lowest BCUT2D eigenvalue weighted by Crippen LogP contribution is -2.26. The molecule has 2 aromatic heterocycles. The van der Waals surface area contributed by atoms with Gasteiger partial charge in [-0.25, -0.2) is 14.1 Å². The predicted octanol–water partition coefficient (Wildman–Crippen LogP) is 3.88. The molecule has 2 heterocycles. The van der Waals surface area contributed by atoms with Crippen LogP contribution in [-0.4, -0.2) is 32.8 Å². The van der Waals surface area contributed by atoms with Crippen molar-refractivity contribution in [2.45, 2.75) is 13.0 Å². The van der Waals surface area contributed by atoms with Crippen LogP contribution < -0.4 is 15.6 Å². The quantitative estimate of drug-likeness (QED) is 0.417. The maximum absolute atomic E-state index is 13.2. The van der Waals surface area contributed by atoms with Crippen LogP contribution in [0.5, 0.6) is 5.75 Å². The number of amides is 1. The highest BCUT2D eigenvalue weighted by molar-refractivity contribution is 5.98. The third kappa shape index (κ3) is 3.77. The Morgan fingerprint density at radius 2 is 1.82 bits per heavy atom. The summed E-state index contributed by atoms with van der Waals surface area (Å²) in [7, 11) is 1.58. The van der Waals surface area contributed by atoms with Crippen LogP contribution in [0.4, 0.5) is 4.39 Å². The minimum atomic E-state index is -0.419. The molecular formula is C25H20FN5O3. The topological polar surface area (TPSA) is 101 Å². The SMILES string of the molecule is COc1ccc(-c2n[nH]n3c2nc(=O)c2ccc(C(=O)NC(C)c4ccc(F)cc4)cc23)cc1. The molecule has 1 atom stereocenters. The summed E-state index contributed by atoms with van der Waals surface area (Å²) >= 11 is 0. The molecule has 0 aliphatic carbocycles. The van der Waals surface area contributed by atoms with Crippen LogP contribution >= 0.6 is 0 Å². The molecule has 0 spiro atoms. The number of aromatic nitrogens is 4. The number of hydrogen-bond acceptors (Lipinski definition) is 5. The molecule has 0 bridgehead atoms. The molecular weight excluding hydrogens is 437 g/mol. The van der Waals surface area contributed by atoms with Crippen LogP contribution in [0.3, 0.4) is 0 Å². The Balaban J connectivity index is 1.53. The van der Waals surface area contributed by atoms with Gasteiger partial charge in [-0.1, -0.05) is 12.1 Å². The van der Waals surface area contributed by atoms with E-state index in [1.54, 1.807) is 54.1 Å². The Morgan fingerprint density at radius 1 is 1.09 bits per heavy atom. The number of carbonyl (C=O) groups is 1. The molecule has 34 heavy (non-hydrogen) atoms. The molecule has 8 nitrogen and oxygen atoms in total. The second kappa shape index (κ2) is 8.43. The van der Waals surface area contributed by atoms with Gasteiger partial charge >= 0.3 is 0 Å². The zero-order valence-corrected chi connectivity index (χ0v) is 18.4. The number of benzene rings is 3. The Hall–Kier alpha value is -4.53. The first-order valence-corrected chi connectivity index (χ1v) is 10.6. The third-order valence-electron chi connectivity index (χ3n) is 5.71. The van der Waals surface area contributed by atoms with Gasteiger partial charge in [0.2, 0.25) is 0 Å². The zero-order valence-electron chi connectivity index (χ0n) is 18.4. The lowest BCUT2D eigenvalue weighted by Gasteiger charge is -2.14. The van der Waals surface area contributed by atoms with Crippen LogP contribution in [0.2, 0.25) is 0 Å². The highest BCUT2D eigenvalue weighted by atomic mass is 19.1. The number of carbonyl (C=O) groups excluding carboxylic acids is 1. The van der Waals surface area contributed by atoms with Crippen molar-refractivity contribution >= 4 is 22.5 Å². The number of rotatable bonds is 5. The highest BCUT2D eigenvalue weighted by Gasteiger charge is 2.17. The van der Waals surface area contributed by atoms with Crippen LogP contribution in [0, 0.1) is 5.82 Å². The van der Waals surface area contributed by atoms with Gasteiger partial charge in [-0.2, -0.15) is 10.1 Å². The zero-order chi connectivity index (χ0) is 23.8. The van der Waals surface area contributed by atoms with Crippen molar-refractivity contribution in [3.8, 4) is 17.0 Å². The van der Waals surface area contributed by atoms with Gasteiger partial charge < -0.3 is 10.1 Å². The van der Waals surface area contributed by atoms with E-state index in [-0.39, 0.29) is 17.8 Å². The molecule has 0 saturated heterocycles. The summed E-state index contributed by atoms with van der Waals surface area (Å²) in [4.78, 5) is 29.9. The van der Waals surface area contributed by atoms with Gasteiger partial charge in [0, 0.05) is 11.1 Å². The van der Waals surface area contributed by atoms with Gasteiger partial charge in [-0.15, -0.1) is 0 Å². The minimum absolute atomic E-state index is 0.327. The monoisotopic (exact) mass is 457 g/mol. The van der Waals surface area contributed by atoms with E-state index in [1.807, 2.05) is 19.1 Å². The number of H-pyrrole nitrogens is 1. The van der Waals surface area contributed by atoms with E-state index in [0.717, 1.165) is 11.1 Å². The van der Waals surface area contributed by atoms with Crippen molar-refractivity contribution in [3.63, 3.8) is 0 Å². The van der Waals surface area contributed by atoms with E-state index in [0.29, 0.717) is 33.6 Å². The second-order valence-corrected chi connectivity index (χ2v) is 7.84.